The Morgan fingerprint density at radius 1 is 0.867 bits per heavy atom. The van der Waals surface area contributed by atoms with Crippen LogP contribution >= 0.6 is 0 Å². The Labute approximate surface area is 92.4 Å². The summed E-state index contributed by atoms with van der Waals surface area (Å²) in [5.41, 5.74) is 0. The standard InChI is InChI=1S/C8H19NO4S2/c1-5-7(3)14(10,11)9-15(12,13)8(4)6-2/h7-9H,5-6H2,1-4H3. The van der Waals surface area contributed by atoms with Gasteiger partial charge in [0.1, 0.15) is 0 Å². The molecule has 0 aromatic rings. The molecular formula is C8H19NO4S2. The highest BCUT2D eigenvalue weighted by Gasteiger charge is 2.28. The lowest BCUT2D eigenvalue weighted by molar-refractivity contribution is 0.560. The molecule has 15 heavy (non-hydrogen) atoms. The van der Waals surface area contributed by atoms with E-state index < -0.39 is 30.5 Å². The lowest BCUT2D eigenvalue weighted by Crippen LogP contribution is -2.40. The van der Waals surface area contributed by atoms with E-state index in [-0.39, 0.29) is 0 Å². The molecule has 0 bridgehead atoms. The Hall–Kier alpha value is -0.140. The second-order valence-electron chi connectivity index (χ2n) is 3.61. The molecule has 0 aliphatic heterocycles. The number of nitrogens with one attached hydrogen (secondary N) is 1. The minimum atomic E-state index is -3.76. The molecule has 0 aromatic carbocycles. The maximum absolute atomic E-state index is 11.5. The topological polar surface area (TPSA) is 80.3 Å². The lowest BCUT2D eigenvalue weighted by atomic mass is 10.4. The fraction of sp³-hybridized carbons (Fsp3) is 1.00. The largest absolute Gasteiger partial charge is 0.227 e. The van der Waals surface area contributed by atoms with Crippen molar-refractivity contribution in [3.8, 4) is 0 Å². The minimum absolute atomic E-state index is 0.380. The van der Waals surface area contributed by atoms with Crippen LogP contribution in [-0.4, -0.2) is 27.3 Å². The van der Waals surface area contributed by atoms with Gasteiger partial charge in [-0.25, -0.2) is 16.8 Å². The van der Waals surface area contributed by atoms with Crippen LogP contribution in [0, 0.1) is 0 Å². The van der Waals surface area contributed by atoms with Crippen molar-refractivity contribution in [1.82, 2.24) is 4.13 Å². The van der Waals surface area contributed by atoms with Gasteiger partial charge in [0.2, 0.25) is 20.0 Å². The summed E-state index contributed by atoms with van der Waals surface area (Å²) in [6.07, 6.45) is 0.761. The van der Waals surface area contributed by atoms with Crippen molar-refractivity contribution in [1.29, 1.82) is 0 Å². The van der Waals surface area contributed by atoms with Gasteiger partial charge in [0.05, 0.1) is 10.5 Å². The SMILES string of the molecule is CCC(C)S(=O)(=O)NS(=O)(=O)C(C)CC. The molecule has 0 saturated carbocycles. The predicted molar refractivity (Wildman–Crippen MR) is 60.5 cm³/mol. The highest BCUT2D eigenvalue weighted by molar-refractivity contribution is 8.05. The first-order chi connectivity index (χ1) is 6.67. The van der Waals surface area contributed by atoms with Crippen LogP contribution in [0.5, 0.6) is 0 Å². The Balaban J connectivity index is 4.90. The van der Waals surface area contributed by atoms with Gasteiger partial charge in [-0.15, -0.1) is 4.13 Å². The van der Waals surface area contributed by atoms with E-state index in [0.29, 0.717) is 12.8 Å². The van der Waals surface area contributed by atoms with E-state index in [1.807, 2.05) is 0 Å². The zero-order chi connectivity index (χ0) is 12.3. The molecule has 5 nitrogen and oxygen atoms in total. The third-order valence-corrected chi connectivity index (χ3v) is 7.09. The van der Waals surface area contributed by atoms with Crippen molar-refractivity contribution in [2.75, 3.05) is 0 Å². The van der Waals surface area contributed by atoms with E-state index in [0.717, 1.165) is 0 Å². The summed E-state index contributed by atoms with van der Waals surface area (Å²) in [4.78, 5) is 0. The number of sulfonamides is 2. The summed E-state index contributed by atoms with van der Waals surface area (Å²) in [6, 6.07) is 0. The summed E-state index contributed by atoms with van der Waals surface area (Å²) >= 11 is 0. The molecule has 0 saturated heterocycles. The average molecular weight is 257 g/mol. The summed E-state index contributed by atoms with van der Waals surface area (Å²) in [7, 11) is -7.52. The molecule has 0 aliphatic rings. The van der Waals surface area contributed by atoms with Crippen LogP contribution in [0.25, 0.3) is 0 Å². The molecule has 0 rings (SSSR count). The van der Waals surface area contributed by atoms with Gasteiger partial charge in [0.25, 0.3) is 0 Å². The first-order valence-corrected chi connectivity index (χ1v) is 8.02. The van der Waals surface area contributed by atoms with Gasteiger partial charge in [-0.05, 0) is 26.7 Å². The molecule has 0 fully saturated rings. The fourth-order valence-corrected chi connectivity index (χ4v) is 4.25. The second-order valence-corrected chi connectivity index (χ2v) is 8.07. The van der Waals surface area contributed by atoms with Crippen molar-refractivity contribution < 1.29 is 16.8 Å². The molecule has 7 heteroatoms. The Bertz CT molecular complexity index is 347. The van der Waals surface area contributed by atoms with Gasteiger partial charge in [-0.2, -0.15) is 0 Å². The Morgan fingerprint density at radius 2 is 1.13 bits per heavy atom. The zero-order valence-electron chi connectivity index (χ0n) is 9.52. The van der Waals surface area contributed by atoms with Crippen molar-refractivity contribution in [2.24, 2.45) is 0 Å². The van der Waals surface area contributed by atoms with E-state index >= 15 is 0 Å². The predicted octanol–water partition coefficient (Wildman–Crippen LogP) is 0.833. The van der Waals surface area contributed by atoms with E-state index in [1.165, 1.54) is 13.8 Å². The van der Waals surface area contributed by atoms with Crippen LogP contribution < -0.4 is 4.13 Å². The van der Waals surface area contributed by atoms with Crippen LogP contribution in [-0.2, 0) is 20.0 Å². The monoisotopic (exact) mass is 257 g/mol. The quantitative estimate of drug-likeness (QED) is 0.764. The molecule has 2 atom stereocenters. The van der Waals surface area contributed by atoms with Crippen LogP contribution in [0.15, 0.2) is 0 Å². The maximum atomic E-state index is 11.5. The first kappa shape index (κ1) is 14.9. The van der Waals surface area contributed by atoms with Crippen LogP contribution in [0.2, 0.25) is 0 Å². The molecule has 2 unspecified atom stereocenters. The van der Waals surface area contributed by atoms with Gasteiger partial charge >= 0.3 is 0 Å². The van der Waals surface area contributed by atoms with E-state index in [9.17, 15) is 16.8 Å². The van der Waals surface area contributed by atoms with Crippen LogP contribution in [0.4, 0.5) is 0 Å². The average Bonchev–Trinajstić information content (AvgIpc) is 2.13. The van der Waals surface area contributed by atoms with Gasteiger partial charge in [-0.3, -0.25) is 0 Å². The molecule has 0 heterocycles. The highest BCUT2D eigenvalue weighted by Crippen LogP contribution is 2.09. The fourth-order valence-electron chi connectivity index (χ4n) is 0.765. The number of rotatable bonds is 6. The normalized spacial score (nSPS) is 17.3. The first-order valence-electron chi connectivity index (χ1n) is 4.93. The minimum Gasteiger partial charge on any atom is -0.211 e. The molecule has 0 aliphatic carbocycles. The van der Waals surface area contributed by atoms with Gasteiger partial charge in [0, 0.05) is 0 Å². The number of hydrogen-bond donors (Lipinski definition) is 1. The number of hydrogen-bond acceptors (Lipinski definition) is 4. The molecule has 0 radical (unpaired) electrons. The Morgan fingerprint density at radius 3 is 1.33 bits per heavy atom. The zero-order valence-corrected chi connectivity index (χ0v) is 11.2. The Kier molecular flexibility index (Phi) is 5.22. The van der Waals surface area contributed by atoms with Crippen molar-refractivity contribution >= 4 is 20.0 Å². The summed E-state index contributed by atoms with van der Waals surface area (Å²) in [5, 5.41) is -1.40. The molecular weight excluding hydrogens is 238 g/mol. The molecule has 0 spiro atoms. The molecule has 0 amide bonds. The summed E-state index contributed by atoms with van der Waals surface area (Å²) in [5.74, 6) is 0. The second kappa shape index (κ2) is 5.27. The van der Waals surface area contributed by atoms with E-state index in [2.05, 4.69) is 0 Å². The third-order valence-electron chi connectivity index (χ3n) is 2.44. The van der Waals surface area contributed by atoms with E-state index in [4.69, 9.17) is 0 Å². The van der Waals surface area contributed by atoms with Crippen molar-refractivity contribution in [2.45, 2.75) is 51.0 Å². The summed E-state index contributed by atoms with van der Waals surface area (Å²) in [6.45, 7) is 6.35. The van der Waals surface area contributed by atoms with Gasteiger partial charge in [0.15, 0.2) is 0 Å². The maximum Gasteiger partial charge on any atom is 0.227 e. The highest BCUT2D eigenvalue weighted by atomic mass is 32.3. The van der Waals surface area contributed by atoms with Crippen LogP contribution in [0.3, 0.4) is 0 Å². The summed E-state index contributed by atoms with van der Waals surface area (Å²) < 4.78 is 47.8. The lowest BCUT2D eigenvalue weighted by Gasteiger charge is -2.15. The molecule has 92 valence electrons. The third kappa shape index (κ3) is 4.08. The molecule has 1 N–H and O–H groups in total. The van der Waals surface area contributed by atoms with Gasteiger partial charge < -0.3 is 0 Å². The van der Waals surface area contributed by atoms with Gasteiger partial charge in [-0.1, -0.05) is 13.8 Å². The van der Waals surface area contributed by atoms with Crippen LogP contribution in [0.1, 0.15) is 40.5 Å². The van der Waals surface area contributed by atoms with Crippen molar-refractivity contribution in [3.63, 3.8) is 0 Å². The molecule has 0 aromatic heterocycles. The van der Waals surface area contributed by atoms with E-state index in [1.54, 1.807) is 18.0 Å². The van der Waals surface area contributed by atoms with Crippen molar-refractivity contribution in [3.05, 3.63) is 0 Å². The smallest absolute Gasteiger partial charge is 0.211 e.